The standard InChI is InChI=1S/C17H21NO2/c1-3-11-19-15-9-4-5-10-16(15)20-17-13(2)7-6-8-14(17)12-18/h4-10H,3,11-12,18H2,1-2H3. The lowest BCUT2D eigenvalue weighted by molar-refractivity contribution is 0.301. The molecular weight excluding hydrogens is 250 g/mol. The lowest BCUT2D eigenvalue weighted by Gasteiger charge is -2.15. The zero-order valence-corrected chi connectivity index (χ0v) is 12.1. The van der Waals surface area contributed by atoms with Crippen LogP contribution in [-0.4, -0.2) is 6.61 Å². The van der Waals surface area contributed by atoms with Crippen LogP contribution in [0.3, 0.4) is 0 Å². The van der Waals surface area contributed by atoms with Gasteiger partial charge in [-0.25, -0.2) is 0 Å². The third kappa shape index (κ3) is 3.31. The Balaban J connectivity index is 2.30. The maximum absolute atomic E-state index is 6.05. The minimum atomic E-state index is 0.453. The van der Waals surface area contributed by atoms with Crippen LogP contribution < -0.4 is 15.2 Å². The minimum Gasteiger partial charge on any atom is -0.490 e. The fourth-order valence-corrected chi connectivity index (χ4v) is 2.00. The van der Waals surface area contributed by atoms with Crippen molar-refractivity contribution in [1.29, 1.82) is 0 Å². The summed E-state index contributed by atoms with van der Waals surface area (Å²) in [4.78, 5) is 0. The molecule has 0 saturated carbocycles. The molecule has 0 unspecified atom stereocenters. The molecule has 0 amide bonds. The molecule has 106 valence electrons. The van der Waals surface area contributed by atoms with Crippen LogP contribution in [0.4, 0.5) is 0 Å². The fourth-order valence-electron chi connectivity index (χ4n) is 2.00. The molecule has 0 aliphatic carbocycles. The van der Waals surface area contributed by atoms with Crippen LogP contribution in [0.1, 0.15) is 24.5 Å². The molecular formula is C17H21NO2. The molecule has 0 saturated heterocycles. The van der Waals surface area contributed by atoms with Gasteiger partial charge >= 0.3 is 0 Å². The number of rotatable bonds is 6. The van der Waals surface area contributed by atoms with Crippen molar-refractivity contribution in [3.63, 3.8) is 0 Å². The Kier molecular flexibility index (Phi) is 5.02. The molecule has 20 heavy (non-hydrogen) atoms. The zero-order valence-electron chi connectivity index (χ0n) is 12.1. The Morgan fingerprint density at radius 2 is 1.75 bits per heavy atom. The Labute approximate surface area is 120 Å². The summed E-state index contributed by atoms with van der Waals surface area (Å²) in [7, 11) is 0. The van der Waals surface area contributed by atoms with Crippen molar-refractivity contribution in [2.45, 2.75) is 26.8 Å². The molecule has 0 aliphatic rings. The highest BCUT2D eigenvalue weighted by atomic mass is 16.5. The predicted molar refractivity (Wildman–Crippen MR) is 81.4 cm³/mol. The van der Waals surface area contributed by atoms with Gasteiger partial charge in [0.25, 0.3) is 0 Å². The first-order valence-corrected chi connectivity index (χ1v) is 6.94. The van der Waals surface area contributed by atoms with Crippen LogP contribution >= 0.6 is 0 Å². The van der Waals surface area contributed by atoms with Crippen molar-refractivity contribution in [1.82, 2.24) is 0 Å². The van der Waals surface area contributed by atoms with E-state index in [1.165, 1.54) is 0 Å². The van der Waals surface area contributed by atoms with Crippen molar-refractivity contribution < 1.29 is 9.47 Å². The SMILES string of the molecule is CCCOc1ccccc1Oc1c(C)cccc1CN. The molecule has 0 radical (unpaired) electrons. The van der Waals surface area contributed by atoms with Gasteiger partial charge in [-0.1, -0.05) is 37.3 Å². The minimum absolute atomic E-state index is 0.453. The molecule has 2 aromatic rings. The third-order valence-electron chi connectivity index (χ3n) is 3.04. The van der Waals surface area contributed by atoms with Crippen LogP contribution in [0, 0.1) is 6.92 Å². The number of nitrogens with two attached hydrogens (primary N) is 1. The summed E-state index contributed by atoms with van der Waals surface area (Å²) in [6, 6.07) is 13.7. The average molecular weight is 271 g/mol. The van der Waals surface area contributed by atoms with E-state index in [0.717, 1.165) is 34.8 Å². The first-order chi connectivity index (χ1) is 9.76. The molecule has 0 fully saturated rings. The van der Waals surface area contributed by atoms with Gasteiger partial charge in [0, 0.05) is 12.1 Å². The van der Waals surface area contributed by atoms with Gasteiger partial charge < -0.3 is 15.2 Å². The maximum atomic E-state index is 6.05. The molecule has 2 aromatic carbocycles. The van der Waals surface area contributed by atoms with E-state index in [9.17, 15) is 0 Å². The molecule has 0 heterocycles. The summed E-state index contributed by atoms with van der Waals surface area (Å²) in [5.41, 5.74) is 7.84. The van der Waals surface area contributed by atoms with Gasteiger partial charge in [-0.2, -0.15) is 0 Å². The van der Waals surface area contributed by atoms with Crippen LogP contribution in [0.5, 0.6) is 17.2 Å². The van der Waals surface area contributed by atoms with Crippen molar-refractivity contribution in [3.8, 4) is 17.2 Å². The van der Waals surface area contributed by atoms with Gasteiger partial charge in [-0.15, -0.1) is 0 Å². The van der Waals surface area contributed by atoms with E-state index in [2.05, 4.69) is 6.92 Å². The first kappa shape index (κ1) is 14.4. The Hall–Kier alpha value is -2.00. The lowest BCUT2D eigenvalue weighted by atomic mass is 10.1. The molecule has 0 atom stereocenters. The molecule has 0 aromatic heterocycles. The summed E-state index contributed by atoms with van der Waals surface area (Å²) in [6.07, 6.45) is 0.965. The second-order valence-electron chi connectivity index (χ2n) is 4.66. The highest BCUT2D eigenvalue weighted by molar-refractivity contribution is 5.47. The summed E-state index contributed by atoms with van der Waals surface area (Å²) < 4.78 is 11.8. The molecule has 3 nitrogen and oxygen atoms in total. The normalized spacial score (nSPS) is 10.3. The van der Waals surface area contributed by atoms with Crippen LogP contribution in [-0.2, 0) is 6.54 Å². The second-order valence-corrected chi connectivity index (χ2v) is 4.66. The molecule has 2 rings (SSSR count). The summed E-state index contributed by atoms with van der Waals surface area (Å²) >= 11 is 0. The van der Waals surface area contributed by atoms with E-state index >= 15 is 0 Å². The molecule has 3 heteroatoms. The summed E-state index contributed by atoms with van der Waals surface area (Å²) in [5, 5.41) is 0. The Bertz CT molecular complexity index is 567. The largest absolute Gasteiger partial charge is 0.490 e. The van der Waals surface area contributed by atoms with Gasteiger partial charge in [0.05, 0.1) is 6.61 Å². The van der Waals surface area contributed by atoms with Crippen molar-refractivity contribution in [2.24, 2.45) is 5.73 Å². The average Bonchev–Trinajstić information content (AvgIpc) is 2.48. The Morgan fingerprint density at radius 3 is 2.45 bits per heavy atom. The number of hydrogen-bond donors (Lipinski definition) is 1. The number of hydrogen-bond acceptors (Lipinski definition) is 3. The quantitative estimate of drug-likeness (QED) is 0.862. The number of benzene rings is 2. The first-order valence-electron chi connectivity index (χ1n) is 6.94. The van der Waals surface area contributed by atoms with Crippen LogP contribution in [0.15, 0.2) is 42.5 Å². The predicted octanol–water partition coefficient (Wildman–Crippen LogP) is 4.03. The van der Waals surface area contributed by atoms with E-state index in [1.807, 2.05) is 49.4 Å². The topological polar surface area (TPSA) is 44.5 Å². The number of para-hydroxylation sites is 3. The van der Waals surface area contributed by atoms with E-state index in [-0.39, 0.29) is 0 Å². The van der Waals surface area contributed by atoms with E-state index in [4.69, 9.17) is 15.2 Å². The van der Waals surface area contributed by atoms with Gasteiger partial charge in [-0.3, -0.25) is 0 Å². The smallest absolute Gasteiger partial charge is 0.169 e. The number of aryl methyl sites for hydroxylation is 1. The number of ether oxygens (including phenoxy) is 2. The van der Waals surface area contributed by atoms with Crippen molar-refractivity contribution in [3.05, 3.63) is 53.6 Å². The summed E-state index contributed by atoms with van der Waals surface area (Å²) in [6.45, 7) is 5.23. The van der Waals surface area contributed by atoms with Crippen molar-refractivity contribution in [2.75, 3.05) is 6.61 Å². The van der Waals surface area contributed by atoms with Gasteiger partial charge in [0.15, 0.2) is 11.5 Å². The van der Waals surface area contributed by atoms with E-state index < -0.39 is 0 Å². The van der Waals surface area contributed by atoms with Gasteiger partial charge in [-0.05, 0) is 31.0 Å². The third-order valence-corrected chi connectivity index (χ3v) is 3.04. The van der Waals surface area contributed by atoms with E-state index in [1.54, 1.807) is 0 Å². The fraction of sp³-hybridized carbons (Fsp3) is 0.294. The van der Waals surface area contributed by atoms with Crippen LogP contribution in [0.2, 0.25) is 0 Å². The zero-order chi connectivity index (χ0) is 14.4. The Morgan fingerprint density at radius 1 is 1.00 bits per heavy atom. The maximum Gasteiger partial charge on any atom is 0.169 e. The van der Waals surface area contributed by atoms with Gasteiger partial charge in [0.2, 0.25) is 0 Å². The summed E-state index contributed by atoms with van der Waals surface area (Å²) in [5.74, 6) is 2.31. The van der Waals surface area contributed by atoms with E-state index in [0.29, 0.717) is 13.2 Å². The molecule has 0 spiro atoms. The second kappa shape index (κ2) is 6.96. The molecule has 0 bridgehead atoms. The van der Waals surface area contributed by atoms with Crippen LogP contribution in [0.25, 0.3) is 0 Å². The monoisotopic (exact) mass is 271 g/mol. The highest BCUT2D eigenvalue weighted by Crippen LogP contribution is 2.34. The lowest BCUT2D eigenvalue weighted by Crippen LogP contribution is -2.02. The highest BCUT2D eigenvalue weighted by Gasteiger charge is 2.10. The molecule has 0 aliphatic heterocycles. The van der Waals surface area contributed by atoms with Crippen molar-refractivity contribution >= 4 is 0 Å². The van der Waals surface area contributed by atoms with Gasteiger partial charge in [0.1, 0.15) is 5.75 Å². The molecule has 2 N–H and O–H groups in total.